The highest BCUT2D eigenvalue weighted by atomic mass is 127. The average Bonchev–Trinajstić information content (AvgIpc) is 2.89. The molecular formula is C15H13IN2OS. The Balaban J connectivity index is 2.07. The molecule has 0 aliphatic rings. The fraction of sp³-hybridized carbons (Fsp3) is 0.133. The highest BCUT2D eigenvalue weighted by molar-refractivity contribution is 14.1. The molecule has 0 fully saturated rings. The Morgan fingerprint density at radius 1 is 1.25 bits per heavy atom. The summed E-state index contributed by atoms with van der Waals surface area (Å²) in [5, 5.41) is 13.4. The molecule has 0 spiro atoms. The van der Waals surface area contributed by atoms with Gasteiger partial charge in [0.1, 0.15) is 5.01 Å². The summed E-state index contributed by atoms with van der Waals surface area (Å²) in [6.45, 7) is 0.0674. The summed E-state index contributed by atoms with van der Waals surface area (Å²) >= 11 is 3.98. The van der Waals surface area contributed by atoms with Gasteiger partial charge < -0.3 is 10.4 Å². The number of nitrogens with zero attached hydrogens (tertiary/aromatic N) is 1. The molecular weight excluding hydrogens is 383 g/mol. The van der Waals surface area contributed by atoms with Crippen LogP contribution in [0.3, 0.4) is 0 Å². The minimum Gasteiger partial charge on any atom is -0.392 e. The van der Waals surface area contributed by atoms with E-state index < -0.39 is 0 Å². The Bertz CT molecular complexity index is 770. The zero-order valence-electron chi connectivity index (χ0n) is 10.9. The molecule has 3 aromatic rings. The van der Waals surface area contributed by atoms with Crippen LogP contribution in [0.2, 0.25) is 0 Å². The van der Waals surface area contributed by atoms with Crippen molar-refractivity contribution in [1.82, 2.24) is 4.98 Å². The molecule has 0 atom stereocenters. The normalized spacial score (nSPS) is 10.9. The first-order valence-electron chi connectivity index (χ1n) is 6.19. The summed E-state index contributed by atoms with van der Waals surface area (Å²) in [4.78, 5) is 4.67. The smallest absolute Gasteiger partial charge is 0.124 e. The summed E-state index contributed by atoms with van der Waals surface area (Å²) in [6.07, 6.45) is 0. The van der Waals surface area contributed by atoms with Gasteiger partial charge >= 0.3 is 0 Å². The molecule has 1 heterocycles. The molecule has 2 aromatic carbocycles. The number of anilines is 1. The fourth-order valence-electron chi connectivity index (χ4n) is 2.04. The molecule has 3 nitrogen and oxygen atoms in total. The van der Waals surface area contributed by atoms with Crippen molar-refractivity contribution in [3.8, 4) is 10.6 Å². The van der Waals surface area contributed by atoms with E-state index in [1.807, 2.05) is 25.2 Å². The molecule has 0 saturated carbocycles. The molecule has 0 bridgehead atoms. The van der Waals surface area contributed by atoms with Crippen molar-refractivity contribution in [1.29, 1.82) is 0 Å². The standard InChI is InChI=1S/C15H13IN2OS/c1-17-12-5-3-10(7-11(12)16)15-18-13-4-2-9(8-19)6-14(13)20-15/h2-7,17,19H,8H2,1H3. The van der Waals surface area contributed by atoms with Crippen molar-refractivity contribution in [2.45, 2.75) is 6.61 Å². The minimum absolute atomic E-state index is 0.0674. The van der Waals surface area contributed by atoms with Crippen LogP contribution in [0.4, 0.5) is 5.69 Å². The van der Waals surface area contributed by atoms with Crippen LogP contribution < -0.4 is 5.32 Å². The van der Waals surface area contributed by atoms with Gasteiger partial charge in [0.25, 0.3) is 0 Å². The summed E-state index contributed by atoms with van der Waals surface area (Å²) in [5.74, 6) is 0. The van der Waals surface area contributed by atoms with E-state index in [1.54, 1.807) is 11.3 Å². The number of fused-ring (bicyclic) bond motifs is 1. The molecule has 0 unspecified atom stereocenters. The Labute approximate surface area is 134 Å². The van der Waals surface area contributed by atoms with Crippen LogP contribution in [-0.2, 0) is 6.61 Å². The van der Waals surface area contributed by atoms with Crippen LogP contribution in [0.25, 0.3) is 20.8 Å². The van der Waals surface area contributed by atoms with Crippen molar-refractivity contribution < 1.29 is 5.11 Å². The lowest BCUT2D eigenvalue weighted by atomic mass is 10.2. The number of aromatic nitrogens is 1. The van der Waals surface area contributed by atoms with E-state index in [1.165, 1.54) is 3.57 Å². The number of aliphatic hydroxyl groups excluding tert-OH is 1. The van der Waals surface area contributed by atoms with Crippen molar-refractivity contribution in [2.24, 2.45) is 0 Å². The van der Waals surface area contributed by atoms with Crippen molar-refractivity contribution >= 4 is 49.8 Å². The number of halogens is 1. The lowest BCUT2D eigenvalue weighted by Crippen LogP contribution is -1.91. The van der Waals surface area contributed by atoms with Gasteiger partial charge in [-0.05, 0) is 58.5 Å². The number of thiazole rings is 1. The molecule has 3 rings (SSSR count). The predicted octanol–water partition coefficient (Wildman–Crippen LogP) is 4.10. The zero-order valence-corrected chi connectivity index (χ0v) is 13.8. The van der Waals surface area contributed by atoms with E-state index in [2.05, 4.69) is 51.1 Å². The second-order valence-electron chi connectivity index (χ2n) is 4.42. The Morgan fingerprint density at radius 3 is 2.80 bits per heavy atom. The highest BCUT2D eigenvalue weighted by Gasteiger charge is 2.08. The van der Waals surface area contributed by atoms with E-state index in [0.717, 1.165) is 32.0 Å². The lowest BCUT2D eigenvalue weighted by molar-refractivity contribution is 0.282. The summed E-state index contributed by atoms with van der Waals surface area (Å²) in [5.41, 5.74) is 4.15. The molecule has 1 aromatic heterocycles. The third-order valence-electron chi connectivity index (χ3n) is 3.12. The van der Waals surface area contributed by atoms with E-state index in [-0.39, 0.29) is 6.61 Å². The van der Waals surface area contributed by atoms with Crippen LogP contribution in [0.5, 0.6) is 0 Å². The second kappa shape index (κ2) is 5.67. The van der Waals surface area contributed by atoms with Crippen LogP contribution in [0.1, 0.15) is 5.56 Å². The predicted molar refractivity (Wildman–Crippen MR) is 93.2 cm³/mol. The number of hydrogen-bond acceptors (Lipinski definition) is 4. The summed E-state index contributed by atoms with van der Waals surface area (Å²) < 4.78 is 2.29. The van der Waals surface area contributed by atoms with Gasteiger partial charge in [0, 0.05) is 21.9 Å². The first-order chi connectivity index (χ1) is 9.71. The van der Waals surface area contributed by atoms with Gasteiger partial charge in [-0.15, -0.1) is 11.3 Å². The van der Waals surface area contributed by atoms with Crippen LogP contribution in [0, 0.1) is 3.57 Å². The maximum Gasteiger partial charge on any atom is 0.124 e. The zero-order chi connectivity index (χ0) is 14.1. The number of benzene rings is 2. The fourth-order valence-corrected chi connectivity index (χ4v) is 3.85. The van der Waals surface area contributed by atoms with E-state index in [9.17, 15) is 5.11 Å². The van der Waals surface area contributed by atoms with E-state index >= 15 is 0 Å². The molecule has 0 aliphatic heterocycles. The first kappa shape index (κ1) is 13.8. The minimum atomic E-state index is 0.0674. The molecule has 0 aliphatic carbocycles. The maximum absolute atomic E-state index is 9.19. The van der Waals surface area contributed by atoms with Crippen LogP contribution >= 0.6 is 33.9 Å². The summed E-state index contributed by atoms with van der Waals surface area (Å²) in [6, 6.07) is 12.2. The molecule has 0 saturated heterocycles. The van der Waals surface area contributed by atoms with Crippen molar-refractivity contribution in [2.75, 3.05) is 12.4 Å². The third kappa shape index (κ3) is 2.53. The third-order valence-corrected chi connectivity index (χ3v) is 5.08. The average molecular weight is 396 g/mol. The SMILES string of the molecule is CNc1ccc(-c2nc3ccc(CO)cc3s2)cc1I. The van der Waals surface area contributed by atoms with Gasteiger partial charge in [-0.3, -0.25) is 0 Å². The molecule has 5 heteroatoms. The molecule has 0 amide bonds. The molecule has 20 heavy (non-hydrogen) atoms. The van der Waals surface area contributed by atoms with Gasteiger partial charge in [0.15, 0.2) is 0 Å². The van der Waals surface area contributed by atoms with Gasteiger partial charge in [-0.1, -0.05) is 6.07 Å². The van der Waals surface area contributed by atoms with Crippen molar-refractivity contribution in [3.05, 3.63) is 45.5 Å². The Kier molecular flexibility index (Phi) is 3.91. The van der Waals surface area contributed by atoms with E-state index in [0.29, 0.717) is 0 Å². The topological polar surface area (TPSA) is 45.2 Å². The quantitative estimate of drug-likeness (QED) is 0.656. The van der Waals surface area contributed by atoms with Crippen LogP contribution in [0.15, 0.2) is 36.4 Å². The maximum atomic E-state index is 9.19. The van der Waals surface area contributed by atoms with Gasteiger partial charge in [-0.2, -0.15) is 0 Å². The Hall–Kier alpha value is -1.18. The number of hydrogen-bond donors (Lipinski definition) is 2. The number of rotatable bonds is 3. The number of aliphatic hydroxyl groups is 1. The largest absolute Gasteiger partial charge is 0.392 e. The van der Waals surface area contributed by atoms with Gasteiger partial charge in [-0.25, -0.2) is 4.98 Å². The molecule has 2 N–H and O–H groups in total. The molecule has 0 radical (unpaired) electrons. The monoisotopic (exact) mass is 396 g/mol. The van der Waals surface area contributed by atoms with Gasteiger partial charge in [0.2, 0.25) is 0 Å². The number of nitrogens with one attached hydrogen (secondary N) is 1. The van der Waals surface area contributed by atoms with E-state index in [4.69, 9.17) is 0 Å². The van der Waals surface area contributed by atoms with Gasteiger partial charge in [0.05, 0.1) is 16.8 Å². The second-order valence-corrected chi connectivity index (χ2v) is 6.62. The lowest BCUT2D eigenvalue weighted by Gasteiger charge is -2.04. The molecule has 102 valence electrons. The van der Waals surface area contributed by atoms with Crippen LogP contribution in [-0.4, -0.2) is 17.1 Å². The Morgan fingerprint density at radius 2 is 2.10 bits per heavy atom. The van der Waals surface area contributed by atoms with Crippen molar-refractivity contribution in [3.63, 3.8) is 0 Å². The highest BCUT2D eigenvalue weighted by Crippen LogP contribution is 2.33. The summed E-state index contributed by atoms with van der Waals surface area (Å²) in [7, 11) is 1.92. The first-order valence-corrected chi connectivity index (χ1v) is 8.09.